The van der Waals surface area contributed by atoms with Crippen LogP contribution in [-0.4, -0.2) is 4.98 Å². The van der Waals surface area contributed by atoms with Gasteiger partial charge in [0.25, 0.3) is 0 Å². The zero-order valence-electron chi connectivity index (χ0n) is 11.5. The Morgan fingerprint density at radius 2 is 2.11 bits per heavy atom. The van der Waals surface area contributed by atoms with Crippen molar-refractivity contribution in [2.24, 2.45) is 5.92 Å². The molecule has 0 atom stereocenters. The van der Waals surface area contributed by atoms with Gasteiger partial charge < -0.3 is 0 Å². The summed E-state index contributed by atoms with van der Waals surface area (Å²) in [6, 6.07) is 0. The quantitative estimate of drug-likeness (QED) is 0.749. The maximum Gasteiger partial charge on any atom is 0.0997 e. The summed E-state index contributed by atoms with van der Waals surface area (Å²) in [5, 5.41) is 1.45. The van der Waals surface area contributed by atoms with Crippen molar-refractivity contribution in [1.82, 2.24) is 4.98 Å². The molecule has 2 aliphatic rings. The van der Waals surface area contributed by atoms with Crippen LogP contribution in [0.3, 0.4) is 0 Å². The van der Waals surface area contributed by atoms with Gasteiger partial charge in [-0.1, -0.05) is 32.8 Å². The van der Waals surface area contributed by atoms with Gasteiger partial charge in [-0.3, -0.25) is 0 Å². The van der Waals surface area contributed by atoms with Gasteiger partial charge in [0, 0.05) is 10.3 Å². The predicted molar refractivity (Wildman–Crippen MR) is 79.1 cm³/mol. The smallest absolute Gasteiger partial charge is 0.0997 e. The Bertz CT molecular complexity index is 450. The Balaban J connectivity index is 1.95. The molecule has 0 bridgehead atoms. The number of rotatable bonds is 3. The van der Waals surface area contributed by atoms with Crippen LogP contribution in [0, 0.1) is 5.92 Å². The minimum Gasteiger partial charge on any atom is -0.241 e. The molecule has 3 rings (SSSR count). The van der Waals surface area contributed by atoms with Crippen LogP contribution >= 0.6 is 11.3 Å². The monoisotopic (exact) mass is 261 g/mol. The maximum atomic E-state index is 4.99. The summed E-state index contributed by atoms with van der Waals surface area (Å²) < 4.78 is 0. The van der Waals surface area contributed by atoms with Crippen molar-refractivity contribution in [3.63, 3.8) is 0 Å². The van der Waals surface area contributed by atoms with Gasteiger partial charge in [0.1, 0.15) is 0 Å². The highest BCUT2D eigenvalue weighted by atomic mass is 32.1. The largest absolute Gasteiger partial charge is 0.241 e. The van der Waals surface area contributed by atoms with Gasteiger partial charge in [-0.15, -0.1) is 11.3 Å². The van der Waals surface area contributed by atoms with Gasteiger partial charge in [-0.25, -0.2) is 4.98 Å². The van der Waals surface area contributed by atoms with E-state index in [0.29, 0.717) is 5.41 Å². The Morgan fingerprint density at radius 3 is 2.78 bits per heavy atom. The van der Waals surface area contributed by atoms with Gasteiger partial charge in [-0.05, 0) is 44.1 Å². The molecular weight excluding hydrogens is 238 g/mol. The number of hydrogen-bond donors (Lipinski definition) is 0. The fourth-order valence-corrected chi connectivity index (χ4v) is 4.97. The van der Waals surface area contributed by atoms with E-state index in [9.17, 15) is 0 Å². The van der Waals surface area contributed by atoms with E-state index in [0.717, 1.165) is 5.92 Å². The lowest BCUT2D eigenvalue weighted by Crippen LogP contribution is -2.24. The highest BCUT2D eigenvalue weighted by Crippen LogP contribution is 2.47. The molecule has 0 radical (unpaired) electrons. The second-order valence-electron chi connectivity index (χ2n) is 6.35. The van der Waals surface area contributed by atoms with Crippen LogP contribution < -0.4 is 0 Å². The first kappa shape index (κ1) is 12.4. The van der Waals surface area contributed by atoms with E-state index in [2.05, 4.69) is 26.0 Å². The first-order valence-corrected chi connectivity index (χ1v) is 8.18. The first-order chi connectivity index (χ1) is 8.70. The van der Waals surface area contributed by atoms with Crippen molar-refractivity contribution in [3.8, 4) is 0 Å². The maximum absolute atomic E-state index is 4.99. The molecule has 0 aromatic carbocycles. The standard InChI is InChI=1S/C16H23NS/c1-12(2)11-16(9-5-6-10-16)15-17-13-7-3-4-8-14(13)18-15/h3,7,12H,4-6,8-11H2,1-2H3. The highest BCUT2D eigenvalue weighted by molar-refractivity contribution is 7.12. The third kappa shape index (κ3) is 2.16. The number of aryl methyl sites for hydroxylation is 1. The van der Waals surface area contributed by atoms with Crippen LogP contribution in [0.1, 0.15) is 68.0 Å². The normalized spacial score (nSPS) is 21.5. The van der Waals surface area contributed by atoms with E-state index in [1.54, 1.807) is 0 Å². The minimum atomic E-state index is 0.421. The molecule has 1 saturated carbocycles. The minimum absolute atomic E-state index is 0.421. The Labute approximate surface area is 114 Å². The fourth-order valence-electron chi connectivity index (χ4n) is 3.65. The third-order valence-corrected chi connectivity index (χ3v) is 5.73. The number of allylic oxidation sites excluding steroid dienone is 1. The third-order valence-electron chi connectivity index (χ3n) is 4.35. The second-order valence-corrected chi connectivity index (χ2v) is 7.44. The van der Waals surface area contributed by atoms with Crippen LogP contribution in [0.2, 0.25) is 0 Å². The number of aromatic nitrogens is 1. The fraction of sp³-hybridized carbons (Fsp3) is 0.688. The molecule has 1 heterocycles. The molecule has 2 aliphatic carbocycles. The molecule has 0 amide bonds. The van der Waals surface area contributed by atoms with E-state index in [1.807, 2.05) is 11.3 Å². The topological polar surface area (TPSA) is 12.9 Å². The summed E-state index contributed by atoms with van der Waals surface area (Å²) in [5.74, 6) is 0.777. The van der Waals surface area contributed by atoms with Crippen molar-refractivity contribution in [2.45, 2.75) is 64.2 Å². The van der Waals surface area contributed by atoms with Crippen molar-refractivity contribution >= 4 is 17.4 Å². The van der Waals surface area contributed by atoms with Gasteiger partial charge in [0.15, 0.2) is 0 Å². The van der Waals surface area contributed by atoms with E-state index in [1.165, 1.54) is 60.5 Å². The summed E-state index contributed by atoms with van der Waals surface area (Å²) in [6.07, 6.45) is 13.8. The molecule has 1 aromatic heterocycles. The molecule has 1 aromatic rings. The van der Waals surface area contributed by atoms with Crippen LogP contribution in [0.5, 0.6) is 0 Å². The molecule has 1 nitrogen and oxygen atoms in total. The lowest BCUT2D eigenvalue weighted by molar-refractivity contribution is 0.345. The van der Waals surface area contributed by atoms with Gasteiger partial charge >= 0.3 is 0 Å². The molecule has 1 fully saturated rings. The van der Waals surface area contributed by atoms with Crippen molar-refractivity contribution < 1.29 is 0 Å². The molecule has 98 valence electrons. The van der Waals surface area contributed by atoms with Crippen molar-refractivity contribution in [3.05, 3.63) is 21.7 Å². The van der Waals surface area contributed by atoms with E-state index >= 15 is 0 Å². The Hall–Kier alpha value is -0.630. The van der Waals surface area contributed by atoms with E-state index in [-0.39, 0.29) is 0 Å². The van der Waals surface area contributed by atoms with E-state index < -0.39 is 0 Å². The lowest BCUT2D eigenvalue weighted by Gasteiger charge is -2.28. The first-order valence-electron chi connectivity index (χ1n) is 7.36. The molecule has 18 heavy (non-hydrogen) atoms. The van der Waals surface area contributed by atoms with Gasteiger partial charge in [-0.2, -0.15) is 0 Å². The lowest BCUT2D eigenvalue weighted by atomic mass is 9.79. The zero-order chi connectivity index (χ0) is 12.6. The average Bonchev–Trinajstić information content (AvgIpc) is 2.94. The highest BCUT2D eigenvalue weighted by Gasteiger charge is 2.39. The SMILES string of the molecule is CC(C)CC1(c2nc3c(s2)CCC=C3)CCCC1. The molecule has 0 N–H and O–H groups in total. The van der Waals surface area contributed by atoms with Crippen molar-refractivity contribution in [2.75, 3.05) is 0 Å². The summed E-state index contributed by atoms with van der Waals surface area (Å²) in [6.45, 7) is 4.71. The van der Waals surface area contributed by atoms with Gasteiger partial charge in [0.05, 0.1) is 10.7 Å². The van der Waals surface area contributed by atoms with E-state index in [4.69, 9.17) is 4.98 Å². The average molecular weight is 261 g/mol. The van der Waals surface area contributed by atoms with Crippen LogP contribution in [0.4, 0.5) is 0 Å². The summed E-state index contributed by atoms with van der Waals surface area (Å²) in [4.78, 5) is 6.52. The Morgan fingerprint density at radius 1 is 1.33 bits per heavy atom. The summed E-state index contributed by atoms with van der Waals surface area (Å²) >= 11 is 2.01. The van der Waals surface area contributed by atoms with Crippen LogP contribution in [0.25, 0.3) is 6.08 Å². The number of nitrogens with zero attached hydrogens (tertiary/aromatic N) is 1. The molecule has 0 saturated heterocycles. The number of thiazole rings is 1. The second kappa shape index (κ2) is 4.80. The molecule has 0 spiro atoms. The number of hydrogen-bond acceptors (Lipinski definition) is 2. The van der Waals surface area contributed by atoms with Gasteiger partial charge in [0.2, 0.25) is 0 Å². The molecule has 0 unspecified atom stereocenters. The van der Waals surface area contributed by atoms with Crippen LogP contribution in [-0.2, 0) is 11.8 Å². The summed E-state index contributed by atoms with van der Waals surface area (Å²) in [7, 11) is 0. The molecular formula is C16H23NS. The summed E-state index contributed by atoms with van der Waals surface area (Å²) in [5.41, 5.74) is 1.69. The zero-order valence-corrected chi connectivity index (χ0v) is 12.4. The molecule has 2 heteroatoms. The molecule has 0 aliphatic heterocycles. The van der Waals surface area contributed by atoms with Crippen molar-refractivity contribution in [1.29, 1.82) is 0 Å². The number of fused-ring (bicyclic) bond motifs is 1. The van der Waals surface area contributed by atoms with Crippen LogP contribution in [0.15, 0.2) is 6.08 Å². The Kier molecular flexibility index (Phi) is 3.31. The predicted octanol–water partition coefficient (Wildman–Crippen LogP) is 4.96.